The standard InChI is InChI=1S/C13H13N3O3S/c1-20(18,19)10-4-2-3-9(7-10)13(17)16-12-5-6-15-8-11(12)14/h2-8H,14H2,1H3,(H,15,16,17). The number of pyridine rings is 1. The van der Waals surface area contributed by atoms with Crippen molar-refractivity contribution in [2.75, 3.05) is 17.3 Å². The van der Waals surface area contributed by atoms with Crippen molar-refractivity contribution in [2.24, 2.45) is 0 Å². The van der Waals surface area contributed by atoms with Gasteiger partial charge in [0.2, 0.25) is 0 Å². The molecule has 0 saturated heterocycles. The molecule has 20 heavy (non-hydrogen) atoms. The molecular formula is C13H13N3O3S. The Labute approximate surface area is 116 Å². The molecule has 0 spiro atoms. The van der Waals surface area contributed by atoms with Gasteiger partial charge >= 0.3 is 0 Å². The molecule has 0 unspecified atom stereocenters. The number of nitrogens with one attached hydrogen (secondary N) is 1. The summed E-state index contributed by atoms with van der Waals surface area (Å²) in [5, 5.41) is 2.61. The second-order valence-electron chi connectivity index (χ2n) is 4.22. The Morgan fingerprint density at radius 2 is 2.05 bits per heavy atom. The van der Waals surface area contributed by atoms with Crippen LogP contribution in [0, 0.1) is 0 Å². The molecule has 1 amide bonds. The smallest absolute Gasteiger partial charge is 0.255 e. The third-order valence-electron chi connectivity index (χ3n) is 2.62. The number of nitrogens with two attached hydrogens (primary N) is 1. The Morgan fingerprint density at radius 3 is 2.70 bits per heavy atom. The van der Waals surface area contributed by atoms with Crippen molar-refractivity contribution < 1.29 is 13.2 Å². The topological polar surface area (TPSA) is 102 Å². The molecule has 2 aromatic rings. The van der Waals surface area contributed by atoms with E-state index in [2.05, 4.69) is 10.3 Å². The molecule has 6 nitrogen and oxygen atoms in total. The van der Waals surface area contributed by atoms with E-state index in [0.717, 1.165) is 6.26 Å². The summed E-state index contributed by atoms with van der Waals surface area (Å²) in [4.78, 5) is 16.0. The fraction of sp³-hybridized carbons (Fsp3) is 0.0769. The predicted octanol–water partition coefficient (Wildman–Crippen LogP) is 1.32. The van der Waals surface area contributed by atoms with Gasteiger partial charge in [0, 0.05) is 18.0 Å². The van der Waals surface area contributed by atoms with E-state index in [9.17, 15) is 13.2 Å². The summed E-state index contributed by atoms with van der Waals surface area (Å²) in [7, 11) is -3.35. The molecule has 3 N–H and O–H groups in total. The van der Waals surface area contributed by atoms with E-state index in [1.807, 2.05) is 0 Å². The van der Waals surface area contributed by atoms with Gasteiger partial charge in [-0.2, -0.15) is 0 Å². The van der Waals surface area contributed by atoms with Crippen LogP contribution in [-0.4, -0.2) is 25.6 Å². The van der Waals surface area contributed by atoms with E-state index in [4.69, 9.17) is 5.73 Å². The van der Waals surface area contributed by atoms with E-state index in [1.165, 1.54) is 36.7 Å². The zero-order chi connectivity index (χ0) is 14.8. The van der Waals surface area contributed by atoms with Gasteiger partial charge < -0.3 is 11.1 Å². The van der Waals surface area contributed by atoms with Gasteiger partial charge in [0.15, 0.2) is 9.84 Å². The number of amides is 1. The van der Waals surface area contributed by atoms with Crippen LogP contribution < -0.4 is 11.1 Å². The largest absolute Gasteiger partial charge is 0.396 e. The van der Waals surface area contributed by atoms with Crippen LogP contribution in [0.2, 0.25) is 0 Å². The number of nitrogen functional groups attached to an aromatic ring is 1. The van der Waals surface area contributed by atoms with Crippen LogP contribution in [0.25, 0.3) is 0 Å². The van der Waals surface area contributed by atoms with Crippen LogP contribution in [0.1, 0.15) is 10.4 Å². The summed E-state index contributed by atoms with van der Waals surface area (Å²) < 4.78 is 22.9. The maximum atomic E-state index is 12.1. The number of rotatable bonds is 3. The van der Waals surface area contributed by atoms with Crippen LogP contribution in [0.15, 0.2) is 47.6 Å². The monoisotopic (exact) mass is 291 g/mol. The first-order chi connectivity index (χ1) is 9.38. The molecule has 0 aliphatic carbocycles. The number of nitrogens with zero attached hydrogens (tertiary/aromatic N) is 1. The van der Waals surface area contributed by atoms with Crippen LogP contribution >= 0.6 is 0 Å². The van der Waals surface area contributed by atoms with Crippen molar-refractivity contribution in [3.8, 4) is 0 Å². The number of carbonyl (C=O) groups excluding carboxylic acids is 1. The number of hydrogen-bond acceptors (Lipinski definition) is 5. The molecule has 7 heteroatoms. The molecule has 2 rings (SSSR count). The van der Waals surface area contributed by atoms with Gasteiger partial charge in [0.1, 0.15) is 0 Å². The number of anilines is 2. The number of sulfone groups is 1. The first-order valence-electron chi connectivity index (χ1n) is 5.69. The molecule has 0 bridgehead atoms. The lowest BCUT2D eigenvalue weighted by molar-refractivity contribution is 0.102. The molecule has 0 radical (unpaired) electrons. The van der Waals surface area contributed by atoms with Crippen LogP contribution in [0.3, 0.4) is 0 Å². The molecule has 0 atom stereocenters. The number of aromatic nitrogens is 1. The number of carbonyl (C=O) groups is 1. The summed E-state index contributed by atoms with van der Waals surface area (Å²) in [6.45, 7) is 0. The van der Waals surface area contributed by atoms with Crippen LogP contribution in [0.4, 0.5) is 11.4 Å². The first kappa shape index (κ1) is 14.0. The summed E-state index contributed by atoms with van der Waals surface area (Å²) in [5.41, 5.74) is 6.67. The SMILES string of the molecule is CS(=O)(=O)c1cccc(C(=O)Nc2ccncc2N)c1. The summed E-state index contributed by atoms with van der Waals surface area (Å²) in [5.74, 6) is -0.437. The van der Waals surface area contributed by atoms with Crippen LogP contribution in [0.5, 0.6) is 0 Å². The minimum absolute atomic E-state index is 0.0906. The maximum absolute atomic E-state index is 12.1. The lowest BCUT2D eigenvalue weighted by Crippen LogP contribution is -2.14. The highest BCUT2D eigenvalue weighted by molar-refractivity contribution is 7.90. The molecule has 0 fully saturated rings. The maximum Gasteiger partial charge on any atom is 0.255 e. The van der Waals surface area contributed by atoms with Gasteiger partial charge in [0.25, 0.3) is 5.91 Å². The van der Waals surface area contributed by atoms with Gasteiger partial charge in [0.05, 0.1) is 22.5 Å². The third-order valence-corrected chi connectivity index (χ3v) is 3.73. The minimum Gasteiger partial charge on any atom is -0.396 e. The van der Waals surface area contributed by atoms with Gasteiger partial charge in [-0.1, -0.05) is 6.07 Å². The molecular weight excluding hydrogens is 278 g/mol. The summed E-state index contributed by atoms with van der Waals surface area (Å²) in [6.07, 6.45) is 4.01. The third kappa shape index (κ3) is 3.12. The normalized spacial score (nSPS) is 11.1. The van der Waals surface area contributed by atoms with E-state index >= 15 is 0 Å². The van der Waals surface area contributed by atoms with E-state index < -0.39 is 15.7 Å². The predicted molar refractivity (Wildman–Crippen MR) is 76.2 cm³/mol. The highest BCUT2D eigenvalue weighted by Gasteiger charge is 2.12. The Balaban J connectivity index is 2.29. The molecule has 1 aromatic heterocycles. The van der Waals surface area contributed by atoms with E-state index in [-0.39, 0.29) is 10.5 Å². The fourth-order valence-corrected chi connectivity index (χ4v) is 2.25. The van der Waals surface area contributed by atoms with Crippen molar-refractivity contribution >= 4 is 27.1 Å². The minimum atomic E-state index is -3.35. The molecule has 0 aliphatic rings. The quantitative estimate of drug-likeness (QED) is 0.888. The average Bonchev–Trinajstić information content (AvgIpc) is 2.40. The lowest BCUT2D eigenvalue weighted by atomic mass is 10.2. The first-order valence-corrected chi connectivity index (χ1v) is 7.58. The average molecular weight is 291 g/mol. The molecule has 1 aromatic carbocycles. The van der Waals surface area contributed by atoms with Gasteiger partial charge in [-0.05, 0) is 24.3 Å². The highest BCUT2D eigenvalue weighted by Crippen LogP contribution is 2.17. The number of hydrogen-bond donors (Lipinski definition) is 2. The van der Waals surface area contributed by atoms with Crippen molar-refractivity contribution in [3.63, 3.8) is 0 Å². The van der Waals surface area contributed by atoms with Crippen molar-refractivity contribution in [1.29, 1.82) is 0 Å². The van der Waals surface area contributed by atoms with Crippen molar-refractivity contribution in [3.05, 3.63) is 48.3 Å². The molecule has 0 aliphatic heterocycles. The van der Waals surface area contributed by atoms with Crippen molar-refractivity contribution in [1.82, 2.24) is 4.98 Å². The van der Waals surface area contributed by atoms with Crippen LogP contribution in [-0.2, 0) is 9.84 Å². The Bertz CT molecular complexity index is 757. The van der Waals surface area contributed by atoms with Gasteiger partial charge in [-0.15, -0.1) is 0 Å². The molecule has 104 valence electrons. The van der Waals surface area contributed by atoms with Crippen molar-refractivity contribution in [2.45, 2.75) is 4.90 Å². The zero-order valence-corrected chi connectivity index (χ0v) is 11.5. The number of benzene rings is 1. The Morgan fingerprint density at radius 1 is 1.30 bits per heavy atom. The lowest BCUT2D eigenvalue weighted by Gasteiger charge is -2.08. The fourth-order valence-electron chi connectivity index (χ4n) is 1.58. The molecule has 1 heterocycles. The summed E-state index contributed by atoms with van der Waals surface area (Å²) >= 11 is 0. The molecule has 0 saturated carbocycles. The summed E-state index contributed by atoms with van der Waals surface area (Å²) in [6, 6.07) is 7.37. The second-order valence-corrected chi connectivity index (χ2v) is 6.23. The Kier molecular flexibility index (Phi) is 3.71. The van der Waals surface area contributed by atoms with E-state index in [1.54, 1.807) is 6.07 Å². The van der Waals surface area contributed by atoms with Gasteiger partial charge in [-0.3, -0.25) is 9.78 Å². The Hall–Kier alpha value is -2.41. The van der Waals surface area contributed by atoms with Gasteiger partial charge in [-0.25, -0.2) is 8.42 Å². The second kappa shape index (κ2) is 5.30. The highest BCUT2D eigenvalue weighted by atomic mass is 32.2. The van der Waals surface area contributed by atoms with E-state index in [0.29, 0.717) is 11.4 Å². The zero-order valence-electron chi connectivity index (χ0n) is 10.7.